The molecule has 9 aromatic rings. The van der Waals surface area contributed by atoms with Crippen LogP contribution in [0.2, 0.25) is 0 Å². The molecule has 1 aliphatic carbocycles. The molecule has 0 fully saturated rings. The van der Waals surface area contributed by atoms with Gasteiger partial charge < -0.3 is 4.90 Å². The van der Waals surface area contributed by atoms with Crippen molar-refractivity contribution in [2.24, 2.45) is 0 Å². The van der Waals surface area contributed by atoms with E-state index < -0.39 is 7.92 Å². The SMILES string of the molecule is CC1(C)c2cc(-c3ccccc3)ccc2-c2c1cc(-c1ccccc1)c1c2P(c2ccccc2)c2cc(-c3ccccc3)c(-c3ccccc3)cc2N1c1ccccc1. The predicted molar refractivity (Wildman–Crippen MR) is 253 cm³/mol. The third kappa shape index (κ3) is 5.80. The van der Waals surface area contributed by atoms with Gasteiger partial charge >= 0.3 is 0 Å². The molecule has 59 heavy (non-hydrogen) atoms. The van der Waals surface area contributed by atoms with Gasteiger partial charge in [0, 0.05) is 27.3 Å². The molecule has 280 valence electrons. The van der Waals surface area contributed by atoms with Gasteiger partial charge in [-0.15, -0.1) is 0 Å². The molecule has 9 aromatic carbocycles. The van der Waals surface area contributed by atoms with Gasteiger partial charge in [0.25, 0.3) is 0 Å². The first-order valence-corrected chi connectivity index (χ1v) is 21.9. The molecule has 1 aliphatic heterocycles. The fourth-order valence-electron chi connectivity index (χ4n) is 9.52. The summed E-state index contributed by atoms with van der Waals surface area (Å²) in [5.74, 6) is 0. The van der Waals surface area contributed by atoms with E-state index in [1.54, 1.807) is 0 Å². The lowest BCUT2D eigenvalue weighted by Gasteiger charge is -2.42. The summed E-state index contributed by atoms with van der Waals surface area (Å²) < 4.78 is 0. The normalized spacial score (nSPS) is 14.5. The van der Waals surface area contributed by atoms with Crippen LogP contribution in [0, 0.1) is 0 Å². The highest BCUT2D eigenvalue weighted by molar-refractivity contribution is 7.81. The zero-order valence-corrected chi connectivity index (χ0v) is 34.1. The smallest absolute Gasteiger partial charge is 0.0630 e. The summed E-state index contributed by atoms with van der Waals surface area (Å²) in [5.41, 5.74) is 18.8. The molecule has 0 aromatic heterocycles. The maximum atomic E-state index is 2.60. The van der Waals surface area contributed by atoms with Crippen molar-refractivity contribution in [3.63, 3.8) is 0 Å². The lowest BCUT2D eigenvalue weighted by atomic mass is 9.80. The van der Waals surface area contributed by atoms with E-state index in [4.69, 9.17) is 0 Å². The van der Waals surface area contributed by atoms with E-state index in [1.807, 2.05) is 0 Å². The standard InChI is InChI=1S/C57H42NP/c1-57(2)50-35-43(39-21-9-3-10-22-39)33-34-46(50)54-51(57)36-49(42-27-15-6-16-28-42)55-56(54)59(45-31-19-8-20-32-45)53-38-48(41-25-13-5-14-26-41)47(40-23-11-4-12-24-40)37-52(53)58(55)44-29-17-7-18-30-44/h3-38H,1-2H3. The number of hydrogen-bond acceptors (Lipinski definition) is 1. The molecule has 0 bridgehead atoms. The Morgan fingerprint density at radius 2 is 0.881 bits per heavy atom. The van der Waals surface area contributed by atoms with Crippen LogP contribution in [0.5, 0.6) is 0 Å². The lowest BCUT2D eigenvalue weighted by Crippen LogP contribution is -2.36. The highest BCUT2D eigenvalue weighted by Gasteiger charge is 2.45. The van der Waals surface area contributed by atoms with Gasteiger partial charge in [-0.1, -0.05) is 196 Å². The molecule has 0 spiro atoms. The average Bonchev–Trinajstić information content (AvgIpc) is 3.54. The second kappa shape index (κ2) is 14.2. The summed E-state index contributed by atoms with van der Waals surface area (Å²) in [4.78, 5) is 2.60. The first kappa shape index (κ1) is 35.4. The zero-order chi connectivity index (χ0) is 39.5. The lowest BCUT2D eigenvalue weighted by molar-refractivity contribution is 0.661. The maximum absolute atomic E-state index is 2.60. The number of fused-ring (bicyclic) bond motifs is 6. The monoisotopic (exact) mass is 771 g/mol. The Labute approximate surface area is 348 Å². The van der Waals surface area contributed by atoms with E-state index in [0.29, 0.717) is 0 Å². The van der Waals surface area contributed by atoms with Gasteiger partial charge in [0.2, 0.25) is 0 Å². The molecule has 2 heteroatoms. The summed E-state index contributed by atoms with van der Waals surface area (Å²) in [6.07, 6.45) is 0. The summed E-state index contributed by atoms with van der Waals surface area (Å²) in [6.45, 7) is 4.87. The highest BCUT2D eigenvalue weighted by Crippen LogP contribution is 2.60. The first-order chi connectivity index (χ1) is 29.1. The topological polar surface area (TPSA) is 3.24 Å². The molecule has 0 amide bonds. The third-order valence-corrected chi connectivity index (χ3v) is 14.9. The number of para-hydroxylation sites is 1. The Hall–Kier alpha value is -6.79. The van der Waals surface area contributed by atoms with Crippen LogP contribution in [0.15, 0.2) is 218 Å². The minimum absolute atomic E-state index is 0.240. The Kier molecular flexibility index (Phi) is 8.54. The van der Waals surface area contributed by atoms with E-state index in [-0.39, 0.29) is 5.41 Å². The van der Waals surface area contributed by atoms with Crippen molar-refractivity contribution < 1.29 is 0 Å². The number of rotatable bonds is 6. The van der Waals surface area contributed by atoms with Gasteiger partial charge in [-0.05, 0) is 111 Å². The van der Waals surface area contributed by atoms with Gasteiger partial charge in [0.05, 0.1) is 11.4 Å². The van der Waals surface area contributed by atoms with Crippen LogP contribution in [-0.4, -0.2) is 0 Å². The predicted octanol–water partition coefficient (Wildman–Crippen LogP) is 14.2. The van der Waals surface area contributed by atoms with Crippen LogP contribution < -0.4 is 20.8 Å². The number of nitrogens with zero attached hydrogens (tertiary/aromatic N) is 1. The summed E-state index contributed by atoms with van der Waals surface area (Å²) in [6, 6.07) is 81.0. The quantitative estimate of drug-likeness (QED) is 0.152. The minimum Gasteiger partial charge on any atom is -0.308 e. The van der Waals surface area contributed by atoms with E-state index in [0.717, 1.165) is 5.69 Å². The minimum atomic E-state index is -1.07. The molecule has 1 atom stereocenters. The maximum Gasteiger partial charge on any atom is 0.0630 e. The molecule has 1 unspecified atom stereocenters. The van der Waals surface area contributed by atoms with E-state index in [1.165, 1.54) is 94.0 Å². The van der Waals surface area contributed by atoms with Crippen molar-refractivity contribution in [3.8, 4) is 55.6 Å². The number of anilines is 3. The van der Waals surface area contributed by atoms with Gasteiger partial charge in [-0.2, -0.15) is 0 Å². The summed E-state index contributed by atoms with van der Waals surface area (Å²) in [5, 5.41) is 4.13. The molecule has 0 saturated heterocycles. The van der Waals surface area contributed by atoms with E-state index >= 15 is 0 Å². The fraction of sp³-hybridized carbons (Fsp3) is 0.0526. The van der Waals surface area contributed by atoms with Crippen molar-refractivity contribution in [1.82, 2.24) is 0 Å². The third-order valence-electron chi connectivity index (χ3n) is 12.3. The molecule has 1 heterocycles. The molecule has 1 nitrogen and oxygen atoms in total. The summed E-state index contributed by atoms with van der Waals surface area (Å²) in [7, 11) is -1.07. The van der Waals surface area contributed by atoms with Crippen LogP contribution in [0.25, 0.3) is 55.6 Å². The van der Waals surface area contributed by atoms with Crippen LogP contribution in [0.3, 0.4) is 0 Å². The number of hydrogen-bond donors (Lipinski definition) is 0. The van der Waals surface area contributed by atoms with Gasteiger partial charge in [0.1, 0.15) is 0 Å². The van der Waals surface area contributed by atoms with Crippen LogP contribution in [-0.2, 0) is 5.41 Å². The Balaban J connectivity index is 1.31. The molecule has 0 saturated carbocycles. The Morgan fingerprint density at radius 3 is 1.46 bits per heavy atom. The molecule has 11 rings (SSSR count). The van der Waals surface area contributed by atoms with Crippen LogP contribution in [0.1, 0.15) is 25.0 Å². The van der Waals surface area contributed by atoms with Gasteiger partial charge in [-0.3, -0.25) is 0 Å². The Morgan fingerprint density at radius 1 is 0.390 bits per heavy atom. The van der Waals surface area contributed by atoms with E-state index in [9.17, 15) is 0 Å². The van der Waals surface area contributed by atoms with Crippen molar-refractivity contribution >= 4 is 40.9 Å². The second-order valence-electron chi connectivity index (χ2n) is 16.1. The molecule has 0 N–H and O–H groups in total. The van der Waals surface area contributed by atoms with Gasteiger partial charge in [-0.25, -0.2) is 0 Å². The molecular weight excluding hydrogens is 730 g/mol. The van der Waals surface area contributed by atoms with Crippen molar-refractivity contribution in [2.75, 3.05) is 4.90 Å². The average molecular weight is 772 g/mol. The first-order valence-electron chi connectivity index (χ1n) is 20.5. The molecule has 0 radical (unpaired) electrons. The van der Waals surface area contributed by atoms with Crippen molar-refractivity contribution in [3.05, 3.63) is 230 Å². The van der Waals surface area contributed by atoms with Crippen molar-refractivity contribution in [2.45, 2.75) is 19.3 Å². The second-order valence-corrected chi connectivity index (χ2v) is 18.2. The van der Waals surface area contributed by atoms with Gasteiger partial charge in [0.15, 0.2) is 0 Å². The van der Waals surface area contributed by atoms with Crippen LogP contribution in [0.4, 0.5) is 17.1 Å². The van der Waals surface area contributed by atoms with E-state index in [2.05, 4.69) is 237 Å². The highest BCUT2D eigenvalue weighted by atomic mass is 31.1. The summed E-state index contributed by atoms with van der Waals surface area (Å²) >= 11 is 0. The van der Waals surface area contributed by atoms with Crippen molar-refractivity contribution in [1.29, 1.82) is 0 Å². The Bertz CT molecular complexity index is 2980. The van der Waals surface area contributed by atoms with Crippen LogP contribution >= 0.6 is 7.92 Å². The number of benzene rings is 9. The zero-order valence-electron chi connectivity index (χ0n) is 33.2. The molecule has 2 aliphatic rings. The fourth-order valence-corrected chi connectivity index (χ4v) is 12.3. The largest absolute Gasteiger partial charge is 0.308 e. The molecular formula is C57H42NP.